The normalized spacial score (nSPS) is 25.4. The Bertz CT molecular complexity index is 1420. The van der Waals surface area contributed by atoms with Crippen LogP contribution < -0.4 is 22.5 Å². The van der Waals surface area contributed by atoms with E-state index in [1.54, 1.807) is 0 Å². The largest absolute Gasteiger partial charge is 0.394 e. The standard InChI is InChI=1S/C20H27N4O11P.C6H15N.B/c1-9-5-23(19(29)21-17(9)27)15-3-11(26)14(34-15)8-32-36(31)35-12-4-16(33-13(12)7-25)24-6-10(2)18(28)22-20(24)30;1-4-7(5-2)6-3;/h5-6,11-16,25-26,31H,3-4,7-8H2,1-2H3,(H,21,27,29)(H,22,28,30);4-6H2,1-3H3;/t11-,12-,13+,14+,15+,16+,36?;;/m0../s1. The van der Waals surface area contributed by atoms with Crippen molar-refractivity contribution in [1.82, 2.24) is 24.0 Å². The molecule has 44 heavy (non-hydrogen) atoms. The van der Waals surface area contributed by atoms with Crippen molar-refractivity contribution >= 4 is 17.0 Å². The fourth-order valence-electron chi connectivity index (χ4n) is 4.74. The number of hydrogen-bond donors (Lipinski definition) is 5. The molecule has 5 N–H and O–H groups in total. The summed E-state index contributed by atoms with van der Waals surface area (Å²) in [6.45, 7) is 12.5. The summed E-state index contributed by atoms with van der Waals surface area (Å²) in [5, 5.41) is 20.0. The lowest BCUT2D eigenvalue weighted by molar-refractivity contribution is -0.0527. The molecule has 3 radical (unpaired) electrons. The summed E-state index contributed by atoms with van der Waals surface area (Å²) in [6, 6.07) is 0. The summed E-state index contributed by atoms with van der Waals surface area (Å²) >= 11 is 0. The highest BCUT2D eigenvalue weighted by Crippen LogP contribution is 2.42. The van der Waals surface area contributed by atoms with Crippen LogP contribution in [0, 0.1) is 13.8 Å². The lowest BCUT2D eigenvalue weighted by Crippen LogP contribution is -2.33. The van der Waals surface area contributed by atoms with Crippen LogP contribution in [0.25, 0.3) is 0 Å². The van der Waals surface area contributed by atoms with E-state index in [1.807, 2.05) is 0 Å². The van der Waals surface area contributed by atoms with Crippen molar-refractivity contribution in [3.63, 3.8) is 0 Å². The smallest absolute Gasteiger partial charge is 0.330 e. The molecule has 0 spiro atoms. The molecule has 245 valence electrons. The second-order valence-corrected chi connectivity index (χ2v) is 11.2. The van der Waals surface area contributed by atoms with Gasteiger partial charge >= 0.3 is 20.0 Å². The first-order chi connectivity index (χ1) is 20.4. The Hall–Kier alpha value is -2.47. The van der Waals surface area contributed by atoms with E-state index < -0.39 is 74.6 Å². The van der Waals surface area contributed by atoms with E-state index in [0.29, 0.717) is 11.1 Å². The van der Waals surface area contributed by atoms with Crippen LogP contribution in [0.2, 0.25) is 0 Å². The van der Waals surface area contributed by atoms with Gasteiger partial charge in [0.25, 0.3) is 11.1 Å². The number of aromatic amines is 2. The minimum Gasteiger partial charge on any atom is -0.394 e. The van der Waals surface area contributed by atoms with Gasteiger partial charge in [-0.15, -0.1) is 0 Å². The van der Waals surface area contributed by atoms with Gasteiger partial charge in [0.05, 0.1) is 25.4 Å². The van der Waals surface area contributed by atoms with Crippen molar-refractivity contribution in [2.24, 2.45) is 0 Å². The van der Waals surface area contributed by atoms with Gasteiger partial charge in [-0.3, -0.25) is 28.7 Å². The maximum atomic E-state index is 12.1. The zero-order valence-electron chi connectivity index (χ0n) is 25.5. The first-order valence-electron chi connectivity index (χ1n) is 14.2. The summed E-state index contributed by atoms with van der Waals surface area (Å²) in [7, 11) is -2.49. The van der Waals surface area contributed by atoms with Crippen molar-refractivity contribution in [1.29, 1.82) is 0 Å². The highest BCUT2D eigenvalue weighted by atomic mass is 31.2. The van der Waals surface area contributed by atoms with Gasteiger partial charge in [-0.25, -0.2) is 9.59 Å². The van der Waals surface area contributed by atoms with Crippen molar-refractivity contribution in [2.75, 3.05) is 32.8 Å². The topological polar surface area (TPSA) is 211 Å². The first kappa shape index (κ1) is 37.7. The van der Waals surface area contributed by atoms with E-state index in [0.717, 1.165) is 0 Å². The van der Waals surface area contributed by atoms with Gasteiger partial charge in [0.15, 0.2) is 0 Å². The number of rotatable bonds is 11. The highest BCUT2D eigenvalue weighted by molar-refractivity contribution is 7.40. The zero-order valence-corrected chi connectivity index (χ0v) is 26.4. The Morgan fingerprint density at radius 1 is 0.909 bits per heavy atom. The Morgan fingerprint density at radius 2 is 1.39 bits per heavy atom. The molecule has 0 amide bonds. The van der Waals surface area contributed by atoms with Gasteiger partial charge < -0.3 is 38.5 Å². The van der Waals surface area contributed by atoms with E-state index in [1.165, 1.54) is 55.0 Å². The van der Waals surface area contributed by atoms with Crippen molar-refractivity contribution in [2.45, 2.75) is 84.3 Å². The quantitative estimate of drug-likeness (QED) is 0.151. The Balaban J connectivity index is 0.000000756. The predicted octanol–water partition coefficient (Wildman–Crippen LogP) is -0.780. The van der Waals surface area contributed by atoms with E-state index >= 15 is 0 Å². The molecule has 2 fully saturated rings. The molecule has 18 heteroatoms. The molecule has 2 aromatic heterocycles. The molecule has 2 aliphatic rings. The number of aliphatic hydroxyl groups excluding tert-OH is 2. The fourth-order valence-corrected chi connectivity index (χ4v) is 5.53. The van der Waals surface area contributed by atoms with Gasteiger partial charge in [-0.2, -0.15) is 0 Å². The van der Waals surface area contributed by atoms with Crippen LogP contribution in [-0.2, 0) is 18.5 Å². The molecule has 0 bridgehead atoms. The lowest BCUT2D eigenvalue weighted by atomic mass is 10.2. The summed E-state index contributed by atoms with van der Waals surface area (Å²) in [5.74, 6) is 0. The van der Waals surface area contributed by atoms with Gasteiger partial charge in [0.1, 0.15) is 24.7 Å². The molecule has 4 heterocycles. The van der Waals surface area contributed by atoms with Gasteiger partial charge in [-0.1, -0.05) is 20.8 Å². The van der Waals surface area contributed by atoms with Crippen LogP contribution in [0.4, 0.5) is 0 Å². The molecule has 2 saturated heterocycles. The third-order valence-electron chi connectivity index (χ3n) is 7.39. The molecule has 0 aromatic carbocycles. The van der Waals surface area contributed by atoms with Crippen LogP contribution in [0.15, 0.2) is 31.6 Å². The van der Waals surface area contributed by atoms with Crippen LogP contribution in [0.5, 0.6) is 0 Å². The third kappa shape index (κ3) is 9.52. The minimum absolute atomic E-state index is 0. The van der Waals surface area contributed by atoms with Crippen LogP contribution in [0.1, 0.15) is 57.2 Å². The van der Waals surface area contributed by atoms with Crippen LogP contribution in [0.3, 0.4) is 0 Å². The lowest BCUT2D eigenvalue weighted by Gasteiger charge is -2.21. The number of aliphatic hydroxyl groups is 2. The summed E-state index contributed by atoms with van der Waals surface area (Å²) < 4.78 is 24.5. The summed E-state index contributed by atoms with van der Waals surface area (Å²) in [4.78, 5) is 64.4. The number of aromatic nitrogens is 4. The van der Waals surface area contributed by atoms with Crippen molar-refractivity contribution in [3.05, 3.63) is 65.2 Å². The van der Waals surface area contributed by atoms with Crippen LogP contribution in [-0.4, -0.2) is 105 Å². The molecular weight excluding hydrogens is 600 g/mol. The molecular formula is C26H42BN5O11P. The maximum absolute atomic E-state index is 12.1. The average molecular weight is 642 g/mol. The van der Waals surface area contributed by atoms with Gasteiger partial charge in [-0.05, 0) is 33.5 Å². The van der Waals surface area contributed by atoms with Gasteiger partial charge in [0, 0.05) is 44.8 Å². The number of nitrogens with zero attached hydrogens (tertiary/aromatic N) is 3. The second-order valence-electron chi connectivity index (χ2n) is 10.2. The first-order valence-corrected chi connectivity index (χ1v) is 15.3. The summed E-state index contributed by atoms with van der Waals surface area (Å²) in [6.07, 6.45) is -2.49. The predicted molar refractivity (Wildman–Crippen MR) is 161 cm³/mol. The molecule has 7 atom stereocenters. The zero-order chi connectivity index (χ0) is 31.8. The monoisotopic (exact) mass is 642 g/mol. The minimum atomic E-state index is -2.49. The molecule has 2 aliphatic heterocycles. The third-order valence-corrected chi connectivity index (χ3v) is 8.21. The number of ether oxygens (including phenoxy) is 2. The average Bonchev–Trinajstić information content (AvgIpc) is 3.55. The number of nitrogens with one attached hydrogen (secondary N) is 2. The molecule has 0 aliphatic carbocycles. The molecule has 1 unspecified atom stereocenters. The van der Waals surface area contributed by atoms with Gasteiger partial charge in [0.2, 0.25) is 0 Å². The second kappa shape index (κ2) is 17.3. The Morgan fingerprint density at radius 3 is 1.84 bits per heavy atom. The van der Waals surface area contributed by atoms with Crippen molar-refractivity contribution in [3.8, 4) is 0 Å². The van der Waals surface area contributed by atoms with E-state index in [9.17, 15) is 34.3 Å². The highest BCUT2D eigenvalue weighted by Gasteiger charge is 2.40. The Kier molecular flexibility index (Phi) is 14.8. The molecule has 16 nitrogen and oxygen atoms in total. The maximum Gasteiger partial charge on any atom is 0.330 e. The van der Waals surface area contributed by atoms with E-state index in [4.69, 9.17) is 18.5 Å². The molecule has 0 saturated carbocycles. The van der Waals surface area contributed by atoms with E-state index in [2.05, 4.69) is 35.6 Å². The Labute approximate surface area is 257 Å². The molecule has 4 rings (SSSR count). The SMILES string of the molecule is CCN(CC)CC.Cc1cn([C@H]2C[C@H](OP(O)OC[C@H]3O[C@@H](n4cc(C)c(=O)[nH]c4=O)C[C@@H]3O)[C@@H](CO)O2)c(=O)[nH]c1=O.[B]. The number of hydrogen-bond acceptors (Lipinski definition) is 12. The summed E-state index contributed by atoms with van der Waals surface area (Å²) in [5.41, 5.74) is -1.81. The van der Waals surface area contributed by atoms with E-state index in [-0.39, 0.29) is 27.9 Å². The van der Waals surface area contributed by atoms with Crippen molar-refractivity contribution < 1.29 is 33.6 Å². The number of H-pyrrole nitrogens is 2. The fraction of sp³-hybridized carbons (Fsp3) is 0.692. The molecule has 2 aromatic rings. The van der Waals surface area contributed by atoms with Crippen LogP contribution >= 0.6 is 8.60 Å². The number of aryl methyl sites for hydroxylation is 2.